The number of amides is 1. The molecular formula is C16H23N5O3. The molecule has 8 nitrogen and oxygen atoms in total. The molecule has 1 fully saturated rings. The van der Waals surface area contributed by atoms with E-state index in [9.17, 15) is 4.79 Å². The monoisotopic (exact) mass is 333 g/mol. The molecular weight excluding hydrogens is 310 g/mol. The molecule has 0 aliphatic carbocycles. The van der Waals surface area contributed by atoms with Gasteiger partial charge in [-0.2, -0.15) is 10.1 Å². The predicted molar refractivity (Wildman–Crippen MR) is 85.1 cm³/mol. The van der Waals surface area contributed by atoms with Crippen molar-refractivity contribution in [2.24, 2.45) is 7.05 Å². The van der Waals surface area contributed by atoms with Gasteiger partial charge in [-0.25, -0.2) is 0 Å². The Labute approximate surface area is 140 Å². The molecule has 24 heavy (non-hydrogen) atoms. The molecule has 1 aliphatic rings. The average Bonchev–Trinajstić information content (AvgIpc) is 3.27. The molecule has 2 aromatic rings. The van der Waals surface area contributed by atoms with E-state index in [0.29, 0.717) is 24.6 Å². The Balaban J connectivity index is 1.47. The van der Waals surface area contributed by atoms with Gasteiger partial charge in [0.15, 0.2) is 5.82 Å². The van der Waals surface area contributed by atoms with Crippen molar-refractivity contribution in [1.82, 2.24) is 25.2 Å². The van der Waals surface area contributed by atoms with Crippen molar-refractivity contribution >= 4 is 5.91 Å². The third-order valence-electron chi connectivity index (χ3n) is 4.39. The number of ether oxygens (including phenoxy) is 1. The van der Waals surface area contributed by atoms with E-state index in [-0.39, 0.29) is 18.6 Å². The van der Waals surface area contributed by atoms with E-state index in [1.807, 2.05) is 25.6 Å². The van der Waals surface area contributed by atoms with Crippen LogP contribution >= 0.6 is 0 Å². The summed E-state index contributed by atoms with van der Waals surface area (Å²) in [6, 6.07) is 0. The van der Waals surface area contributed by atoms with Crippen molar-refractivity contribution in [2.45, 2.75) is 52.2 Å². The number of aromatic nitrogens is 4. The molecule has 1 saturated heterocycles. The number of hydrogen-bond acceptors (Lipinski definition) is 6. The fraction of sp³-hybridized carbons (Fsp3) is 0.625. The Kier molecular flexibility index (Phi) is 4.94. The average molecular weight is 333 g/mol. The Morgan fingerprint density at radius 1 is 1.42 bits per heavy atom. The summed E-state index contributed by atoms with van der Waals surface area (Å²) in [4.78, 5) is 16.3. The van der Waals surface area contributed by atoms with Crippen molar-refractivity contribution in [3.05, 3.63) is 28.7 Å². The smallest absolute Gasteiger partial charge is 0.255 e. The predicted octanol–water partition coefficient (Wildman–Crippen LogP) is 1.52. The molecule has 130 valence electrons. The van der Waals surface area contributed by atoms with E-state index >= 15 is 0 Å². The van der Waals surface area contributed by atoms with Crippen LogP contribution in [0.1, 0.15) is 54.0 Å². The molecule has 3 rings (SSSR count). The number of carbonyl (C=O) groups is 1. The Morgan fingerprint density at radius 3 is 2.92 bits per heavy atom. The Hall–Kier alpha value is -2.22. The van der Waals surface area contributed by atoms with Gasteiger partial charge < -0.3 is 14.6 Å². The van der Waals surface area contributed by atoms with Crippen molar-refractivity contribution in [3.63, 3.8) is 0 Å². The van der Waals surface area contributed by atoms with Gasteiger partial charge in [-0.1, -0.05) is 5.16 Å². The summed E-state index contributed by atoms with van der Waals surface area (Å²) < 4.78 is 12.5. The number of aryl methyl sites for hydroxylation is 2. The van der Waals surface area contributed by atoms with Crippen LogP contribution in [0.3, 0.4) is 0 Å². The molecule has 8 heteroatoms. The molecule has 0 saturated carbocycles. The fourth-order valence-corrected chi connectivity index (χ4v) is 2.93. The van der Waals surface area contributed by atoms with Crippen LogP contribution in [0.5, 0.6) is 0 Å². The molecule has 1 amide bonds. The zero-order chi connectivity index (χ0) is 17.1. The first-order chi connectivity index (χ1) is 11.5. The van der Waals surface area contributed by atoms with Gasteiger partial charge in [0.1, 0.15) is 6.10 Å². The second kappa shape index (κ2) is 7.12. The highest BCUT2D eigenvalue weighted by atomic mass is 16.5. The highest BCUT2D eigenvalue weighted by molar-refractivity contribution is 5.76. The maximum Gasteiger partial charge on any atom is 0.255 e. The number of carbonyl (C=O) groups excluding carboxylic acids is 1. The topological polar surface area (TPSA) is 95.1 Å². The summed E-state index contributed by atoms with van der Waals surface area (Å²) in [6.45, 7) is 4.97. The standard InChI is InChI=1S/C16H23N5O3/c1-10-12(11(2)21(3)19-10)6-7-15(22)17-9-14-18-16(24-20-14)13-5-4-8-23-13/h13H,4-9H2,1-3H3,(H,17,22). The second-order valence-corrected chi connectivity index (χ2v) is 6.10. The van der Waals surface area contributed by atoms with Crippen molar-refractivity contribution in [2.75, 3.05) is 6.61 Å². The van der Waals surface area contributed by atoms with Crippen LogP contribution in [0.25, 0.3) is 0 Å². The van der Waals surface area contributed by atoms with Gasteiger partial charge in [-0.05, 0) is 38.7 Å². The van der Waals surface area contributed by atoms with Crippen LogP contribution in [0, 0.1) is 13.8 Å². The maximum atomic E-state index is 12.0. The maximum absolute atomic E-state index is 12.0. The first kappa shape index (κ1) is 16.6. The summed E-state index contributed by atoms with van der Waals surface area (Å²) in [7, 11) is 1.91. The highest BCUT2D eigenvalue weighted by Crippen LogP contribution is 2.26. The Morgan fingerprint density at radius 2 is 2.25 bits per heavy atom. The lowest BCUT2D eigenvalue weighted by atomic mass is 10.1. The first-order valence-electron chi connectivity index (χ1n) is 8.24. The van der Waals surface area contributed by atoms with E-state index < -0.39 is 0 Å². The zero-order valence-electron chi connectivity index (χ0n) is 14.3. The Bertz CT molecular complexity index is 715. The van der Waals surface area contributed by atoms with Gasteiger partial charge in [0, 0.05) is 25.8 Å². The van der Waals surface area contributed by atoms with Gasteiger partial charge in [-0.15, -0.1) is 0 Å². The number of hydrogen-bond donors (Lipinski definition) is 1. The molecule has 1 N–H and O–H groups in total. The van der Waals surface area contributed by atoms with E-state index in [2.05, 4.69) is 20.6 Å². The lowest BCUT2D eigenvalue weighted by molar-refractivity contribution is -0.121. The highest BCUT2D eigenvalue weighted by Gasteiger charge is 2.23. The van der Waals surface area contributed by atoms with Gasteiger partial charge in [0.2, 0.25) is 5.91 Å². The van der Waals surface area contributed by atoms with E-state index in [0.717, 1.165) is 36.4 Å². The summed E-state index contributed by atoms with van der Waals surface area (Å²) in [6.07, 6.45) is 2.89. The molecule has 2 aromatic heterocycles. The quantitative estimate of drug-likeness (QED) is 0.861. The van der Waals surface area contributed by atoms with Crippen LogP contribution in [-0.4, -0.2) is 32.4 Å². The minimum atomic E-state index is -0.0986. The van der Waals surface area contributed by atoms with Crippen LogP contribution in [-0.2, 0) is 29.5 Å². The lowest BCUT2D eigenvalue weighted by Crippen LogP contribution is -2.23. The number of nitrogens with one attached hydrogen (secondary N) is 1. The van der Waals surface area contributed by atoms with Crippen LogP contribution in [0.4, 0.5) is 0 Å². The molecule has 0 aromatic carbocycles. The lowest BCUT2D eigenvalue weighted by Gasteiger charge is -2.04. The second-order valence-electron chi connectivity index (χ2n) is 6.10. The van der Waals surface area contributed by atoms with Crippen LogP contribution in [0.15, 0.2) is 4.52 Å². The molecule has 0 radical (unpaired) electrons. The minimum Gasteiger partial charge on any atom is -0.368 e. The third-order valence-corrected chi connectivity index (χ3v) is 4.39. The minimum absolute atomic E-state index is 0.0406. The van der Waals surface area contributed by atoms with Crippen molar-refractivity contribution < 1.29 is 14.1 Å². The fourth-order valence-electron chi connectivity index (χ4n) is 2.93. The molecule has 1 aliphatic heterocycles. The SMILES string of the molecule is Cc1nn(C)c(C)c1CCC(=O)NCc1noc(C2CCCO2)n1. The zero-order valence-corrected chi connectivity index (χ0v) is 14.3. The van der Waals surface area contributed by atoms with Crippen LogP contribution < -0.4 is 5.32 Å². The van der Waals surface area contributed by atoms with Crippen molar-refractivity contribution in [1.29, 1.82) is 0 Å². The largest absolute Gasteiger partial charge is 0.368 e. The van der Waals surface area contributed by atoms with Crippen molar-refractivity contribution in [3.8, 4) is 0 Å². The molecule has 3 heterocycles. The molecule has 1 atom stereocenters. The van der Waals surface area contributed by atoms with E-state index in [4.69, 9.17) is 9.26 Å². The van der Waals surface area contributed by atoms with Gasteiger partial charge in [-0.3, -0.25) is 9.48 Å². The summed E-state index contributed by atoms with van der Waals surface area (Å²) >= 11 is 0. The number of nitrogens with zero attached hydrogens (tertiary/aromatic N) is 4. The molecule has 0 bridgehead atoms. The van der Waals surface area contributed by atoms with E-state index in [1.54, 1.807) is 0 Å². The van der Waals surface area contributed by atoms with Crippen LogP contribution in [0.2, 0.25) is 0 Å². The normalized spacial score (nSPS) is 17.4. The summed E-state index contributed by atoms with van der Waals surface area (Å²) in [5.74, 6) is 0.932. The first-order valence-corrected chi connectivity index (χ1v) is 8.24. The molecule has 1 unspecified atom stereocenters. The van der Waals surface area contributed by atoms with Gasteiger partial charge in [0.25, 0.3) is 5.89 Å². The van der Waals surface area contributed by atoms with Gasteiger partial charge >= 0.3 is 0 Å². The molecule has 0 spiro atoms. The van der Waals surface area contributed by atoms with E-state index in [1.165, 1.54) is 0 Å². The summed E-state index contributed by atoms with van der Waals surface area (Å²) in [5.41, 5.74) is 3.20. The number of rotatable bonds is 6. The third kappa shape index (κ3) is 3.64. The van der Waals surface area contributed by atoms with Gasteiger partial charge in [0.05, 0.1) is 12.2 Å². The summed E-state index contributed by atoms with van der Waals surface area (Å²) in [5, 5.41) is 11.1.